The highest BCUT2D eigenvalue weighted by Crippen LogP contribution is 2.18. The van der Waals surface area contributed by atoms with Crippen LogP contribution >= 0.6 is 0 Å². The lowest BCUT2D eigenvalue weighted by molar-refractivity contribution is 0.185. The number of hydrogen-bond acceptors (Lipinski definition) is 4. The van der Waals surface area contributed by atoms with E-state index < -0.39 is 10.0 Å². The first-order chi connectivity index (χ1) is 7.48. The first-order valence-corrected chi connectivity index (χ1v) is 6.17. The molecule has 1 N–H and O–H groups in total. The third-order valence-electron chi connectivity index (χ3n) is 2.14. The minimum atomic E-state index is -3.54. The van der Waals surface area contributed by atoms with Gasteiger partial charge in [-0.1, -0.05) is 6.07 Å². The van der Waals surface area contributed by atoms with Crippen molar-refractivity contribution in [3.63, 3.8) is 0 Å². The number of rotatable bonds is 5. The number of nitrogens with zero attached hydrogens (tertiary/aromatic N) is 1. The number of aromatic hydroxyl groups is 1. The lowest BCUT2D eigenvalue weighted by Gasteiger charge is -2.16. The van der Waals surface area contributed by atoms with Crippen molar-refractivity contribution in [2.45, 2.75) is 4.90 Å². The summed E-state index contributed by atoms with van der Waals surface area (Å²) in [4.78, 5) is 0.0751. The Bertz CT molecular complexity index is 444. The van der Waals surface area contributed by atoms with Crippen molar-refractivity contribution in [2.75, 3.05) is 27.3 Å². The predicted octanol–water partition coefficient (Wildman–Crippen LogP) is 0.659. The lowest BCUT2D eigenvalue weighted by atomic mass is 10.3. The van der Waals surface area contributed by atoms with E-state index in [1.54, 1.807) is 0 Å². The van der Waals surface area contributed by atoms with E-state index >= 15 is 0 Å². The zero-order chi connectivity index (χ0) is 12.2. The van der Waals surface area contributed by atoms with Crippen LogP contribution < -0.4 is 0 Å². The molecular formula is C10H15NO4S. The number of hydrogen-bond donors (Lipinski definition) is 1. The van der Waals surface area contributed by atoms with E-state index in [0.29, 0.717) is 6.61 Å². The second-order valence-corrected chi connectivity index (χ2v) is 5.36. The highest BCUT2D eigenvalue weighted by atomic mass is 32.2. The summed E-state index contributed by atoms with van der Waals surface area (Å²) in [7, 11) is -0.561. The topological polar surface area (TPSA) is 66.8 Å². The summed E-state index contributed by atoms with van der Waals surface area (Å²) >= 11 is 0. The Balaban J connectivity index is 2.93. The molecule has 0 aromatic heterocycles. The third kappa shape index (κ3) is 2.94. The van der Waals surface area contributed by atoms with Gasteiger partial charge in [-0.15, -0.1) is 0 Å². The molecule has 1 rings (SSSR count). The highest BCUT2D eigenvalue weighted by molar-refractivity contribution is 7.89. The molecule has 1 aromatic rings. The molecule has 0 saturated heterocycles. The van der Waals surface area contributed by atoms with E-state index in [2.05, 4.69) is 0 Å². The quantitative estimate of drug-likeness (QED) is 0.827. The van der Waals surface area contributed by atoms with Crippen LogP contribution in [0.2, 0.25) is 0 Å². The molecule has 5 nitrogen and oxygen atoms in total. The molecule has 16 heavy (non-hydrogen) atoms. The van der Waals surface area contributed by atoms with Crippen LogP contribution in [0.25, 0.3) is 0 Å². The number of phenols is 1. The Kier molecular flexibility index (Phi) is 4.28. The van der Waals surface area contributed by atoms with Gasteiger partial charge in [-0.05, 0) is 18.2 Å². The van der Waals surface area contributed by atoms with Crippen LogP contribution in [0.5, 0.6) is 5.75 Å². The molecule has 0 saturated carbocycles. The second kappa shape index (κ2) is 5.29. The zero-order valence-corrected chi connectivity index (χ0v) is 10.1. The molecule has 0 spiro atoms. The number of phenolic OH excluding ortho intramolecular Hbond substituents is 1. The fourth-order valence-electron chi connectivity index (χ4n) is 1.16. The van der Waals surface area contributed by atoms with Gasteiger partial charge in [-0.3, -0.25) is 0 Å². The van der Waals surface area contributed by atoms with Crippen molar-refractivity contribution in [2.24, 2.45) is 0 Å². The van der Waals surface area contributed by atoms with Crippen molar-refractivity contribution in [3.05, 3.63) is 24.3 Å². The van der Waals surface area contributed by atoms with Crippen molar-refractivity contribution >= 4 is 10.0 Å². The van der Waals surface area contributed by atoms with E-state index in [-0.39, 0.29) is 17.2 Å². The lowest BCUT2D eigenvalue weighted by Crippen LogP contribution is -2.30. The minimum absolute atomic E-state index is 0.0683. The Labute approximate surface area is 95.3 Å². The van der Waals surface area contributed by atoms with E-state index in [9.17, 15) is 13.5 Å². The summed E-state index contributed by atoms with van der Waals surface area (Å²) in [6.45, 7) is 0.600. The molecule has 0 heterocycles. The van der Waals surface area contributed by atoms with Gasteiger partial charge in [-0.25, -0.2) is 8.42 Å². The minimum Gasteiger partial charge on any atom is -0.508 e. The van der Waals surface area contributed by atoms with Crippen LogP contribution in [0.15, 0.2) is 29.2 Å². The van der Waals surface area contributed by atoms with Crippen LogP contribution in [0.1, 0.15) is 0 Å². The smallest absolute Gasteiger partial charge is 0.243 e. The Morgan fingerprint density at radius 1 is 1.44 bits per heavy atom. The number of benzene rings is 1. The van der Waals surface area contributed by atoms with E-state index in [4.69, 9.17) is 4.74 Å². The number of likely N-dealkylation sites (N-methyl/N-ethyl adjacent to an activating group) is 1. The molecule has 0 aliphatic rings. The van der Waals surface area contributed by atoms with Gasteiger partial charge in [0.25, 0.3) is 0 Å². The summed E-state index contributed by atoms with van der Waals surface area (Å²) in [5.74, 6) is -0.0683. The maximum absolute atomic E-state index is 11.9. The molecule has 0 aliphatic heterocycles. The maximum Gasteiger partial charge on any atom is 0.243 e. The Hall–Kier alpha value is -1.11. The van der Waals surface area contributed by atoms with Gasteiger partial charge >= 0.3 is 0 Å². The molecule has 90 valence electrons. The fraction of sp³-hybridized carbons (Fsp3) is 0.400. The predicted molar refractivity (Wildman–Crippen MR) is 59.8 cm³/mol. The van der Waals surface area contributed by atoms with Crippen LogP contribution in [0.4, 0.5) is 0 Å². The second-order valence-electron chi connectivity index (χ2n) is 3.32. The van der Waals surface area contributed by atoms with Gasteiger partial charge in [0.2, 0.25) is 10.0 Å². The molecule has 0 fully saturated rings. The maximum atomic E-state index is 11.9. The first-order valence-electron chi connectivity index (χ1n) is 4.73. The molecule has 0 aliphatic carbocycles. The highest BCUT2D eigenvalue weighted by Gasteiger charge is 2.20. The van der Waals surface area contributed by atoms with Crippen LogP contribution in [-0.4, -0.2) is 45.1 Å². The van der Waals surface area contributed by atoms with Gasteiger partial charge in [0.05, 0.1) is 11.5 Å². The molecule has 0 radical (unpaired) electrons. The summed E-state index contributed by atoms with van der Waals surface area (Å²) < 4.78 is 29.9. The Morgan fingerprint density at radius 2 is 2.12 bits per heavy atom. The van der Waals surface area contributed by atoms with Gasteiger partial charge in [0.1, 0.15) is 5.75 Å². The molecule has 0 amide bonds. The molecule has 0 unspecified atom stereocenters. The first kappa shape index (κ1) is 13.0. The van der Waals surface area contributed by atoms with Crippen molar-refractivity contribution in [1.29, 1.82) is 0 Å². The third-order valence-corrected chi connectivity index (χ3v) is 3.99. The van der Waals surface area contributed by atoms with Gasteiger partial charge in [0.15, 0.2) is 0 Å². The standard InChI is InChI=1S/C10H15NO4S/c1-11(6-7-15-2)16(13,14)10-5-3-4-9(12)8-10/h3-5,8,12H,6-7H2,1-2H3. The van der Waals surface area contributed by atoms with Gasteiger partial charge in [-0.2, -0.15) is 4.31 Å². The van der Waals surface area contributed by atoms with Crippen molar-refractivity contribution in [3.8, 4) is 5.75 Å². The van der Waals surface area contributed by atoms with E-state index in [0.717, 1.165) is 0 Å². The van der Waals surface area contributed by atoms with Crippen LogP contribution in [0.3, 0.4) is 0 Å². The average Bonchev–Trinajstić information content (AvgIpc) is 2.25. The SMILES string of the molecule is COCCN(C)S(=O)(=O)c1cccc(O)c1. The van der Waals surface area contributed by atoms with Gasteiger partial charge in [0, 0.05) is 20.7 Å². The molecule has 0 bridgehead atoms. The number of sulfonamides is 1. The number of ether oxygens (including phenoxy) is 1. The van der Waals surface area contributed by atoms with Crippen molar-refractivity contribution in [1.82, 2.24) is 4.31 Å². The summed E-state index contributed by atoms with van der Waals surface area (Å²) in [5, 5.41) is 9.23. The molecular weight excluding hydrogens is 230 g/mol. The summed E-state index contributed by atoms with van der Waals surface area (Å²) in [5.41, 5.74) is 0. The number of methoxy groups -OCH3 is 1. The molecule has 6 heteroatoms. The molecule has 1 aromatic carbocycles. The van der Waals surface area contributed by atoms with Crippen LogP contribution in [-0.2, 0) is 14.8 Å². The van der Waals surface area contributed by atoms with E-state index in [1.807, 2.05) is 0 Å². The van der Waals surface area contributed by atoms with Crippen LogP contribution in [0, 0.1) is 0 Å². The van der Waals surface area contributed by atoms with Gasteiger partial charge < -0.3 is 9.84 Å². The summed E-state index contributed by atoms with van der Waals surface area (Å²) in [6, 6.07) is 5.58. The fourth-order valence-corrected chi connectivity index (χ4v) is 2.36. The Morgan fingerprint density at radius 3 is 2.69 bits per heavy atom. The average molecular weight is 245 g/mol. The van der Waals surface area contributed by atoms with E-state index in [1.165, 1.54) is 42.7 Å². The monoisotopic (exact) mass is 245 g/mol. The van der Waals surface area contributed by atoms with Crippen molar-refractivity contribution < 1.29 is 18.3 Å². The normalized spacial score (nSPS) is 11.9. The largest absolute Gasteiger partial charge is 0.508 e. The molecule has 0 atom stereocenters. The summed E-state index contributed by atoms with van der Waals surface area (Å²) in [6.07, 6.45) is 0. The zero-order valence-electron chi connectivity index (χ0n) is 9.25.